The molecule has 1 amide bonds. The van der Waals surface area contributed by atoms with Crippen LogP contribution in [-0.2, 0) is 14.3 Å². The van der Waals surface area contributed by atoms with Gasteiger partial charge in [0, 0.05) is 12.1 Å². The Hall–Kier alpha value is -3.49. The summed E-state index contributed by atoms with van der Waals surface area (Å²) in [7, 11) is 0. The smallest absolute Gasteiger partial charge is 0.347 e. The van der Waals surface area contributed by atoms with Gasteiger partial charge in [-0.25, -0.2) is 9.18 Å². The number of nitro groups is 1. The first-order valence-electron chi connectivity index (χ1n) is 8.02. The Bertz CT molecular complexity index is 828. The van der Waals surface area contributed by atoms with Crippen LogP contribution in [-0.4, -0.2) is 29.5 Å². The van der Waals surface area contributed by atoms with Crippen molar-refractivity contribution in [1.82, 2.24) is 0 Å². The number of esters is 1. The Labute approximate surface area is 154 Å². The van der Waals surface area contributed by atoms with E-state index in [4.69, 9.17) is 9.47 Å². The van der Waals surface area contributed by atoms with Gasteiger partial charge in [0.2, 0.25) is 0 Å². The Morgan fingerprint density at radius 1 is 1.22 bits per heavy atom. The first kappa shape index (κ1) is 19.8. The lowest BCUT2D eigenvalue weighted by Crippen LogP contribution is -2.31. The molecule has 27 heavy (non-hydrogen) atoms. The second-order valence-electron chi connectivity index (χ2n) is 5.40. The minimum atomic E-state index is -0.908. The van der Waals surface area contributed by atoms with Crippen LogP contribution >= 0.6 is 0 Å². The third-order valence-electron chi connectivity index (χ3n) is 3.44. The standard InChI is InChI=1S/C18H17FN2O6/c1-2-16(27-13-6-4-3-5-7-13)18(23)26-11-17(22)20-15-10-12(21(24)25)8-9-14(15)19/h3-10,16H,2,11H2,1H3,(H,20,22)/t16-/m1/s1. The van der Waals surface area contributed by atoms with E-state index in [0.29, 0.717) is 12.2 Å². The summed E-state index contributed by atoms with van der Waals surface area (Å²) in [4.78, 5) is 33.9. The Morgan fingerprint density at radius 2 is 1.93 bits per heavy atom. The van der Waals surface area contributed by atoms with Crippen LogP contribution in [0, 0.1) is 15.9 Å². The van der Waals surface area contributed by atoms with Gasteiger partial charge in [-0.15, -0.1) is 0 Å². The molecule has 0 aliphatic carbocycles. The van der Waals surface area contributed by atoms with Gasteiger partial charge in [0.15, 0.2) is 12.7 Å². The SMILES string of the molecule is CC[C@@H](Oc1ccccc1)C(=O)OCC(=O)Nc1cc([N+](=O)[O-])ccc1F. The fourth-order valence-electron chi connectivity index (χ4n) is 2.10. The minimum Gasteiger partial charge on any atom is -0.479 e. The molecular formula is C18H17FN2O6. The van der Waals surface area contributed by atoms with Gasteiger partial charge in [-0.05, 0) is 24.6 Å². The van der Waals surface area contributed by atoms with Crippen LogP contribution < -0.4 is 10.1 Å². The van der Waals surface area contributed by atoms with Crippen molar-refractivity contribution < 1.29 is 28.4 Å². The molecule has 0 fully saturated rings. The van der Waals surface area contributed by atoms with Crippen molar-refractivity contribution in [3.8, 4) is 5.75 Å². The minimum absolute atomic E-state index is 0.314. The van der Waals surface area contributed by atoms with E-state index in [-0.39, 0.29) is 11.4 Å². The number of nitrogens with zero attached hydrogens (tertiary/aromatic N) is 1. The normalized spacial score (nSPS) is 11.3. The summed E-state index contributed by atoms with van der Waals surface area (Å²) in [6, 6.07) is 11.3. The number of non-ortho nitro benzene ring substituents is 1. The summed E-state index contributed by atoms with van der Waals surface area (Å²) in [5, 5.41) is 12.8. The molecule has 2 aromatic carbocycles. The number of nitro benzene ring substituents is 1. The summed E-state index contributed by atoms with van der Waals surface area (Å²) in [5.41, 5.74) is -0.760. The predicted molar refractivity (Wildman–Crippen MR) is 93.8 cm³/mol. The highest BCUT2D eigenvalue weighted by Crippen LogP contribution is 2.21. The van der Waals surface area contributed by atoms with E-state index in [0.717, 1.165) is 18.2 Å². The zero-order valence-corrected chi connectivity index (χ0v) is 14.4. The Balaban J connectivity index is 1.91. The van der Waals surface area contributed by atoms with Gasteiger partial charge in [-0.3, -0.25) is 14.9 Å². The van der Waals surface area contributed by atoms with Crippen LogP contribution in [0.3, 0.4) is 0 Å². The van der Waals surface area contributed by atoms with Crippen LogP contribution in [0.2, 0.25) is 0 Å². The van der Waals surface area contributed by atoms with Gasteiger partial charge in [0.05, 0.1) is 10.6 Å². The van der Waals surface area contributed by atoms with Crippen molar-refractivity contribution in [3.05, 3.63) is 64.5 Å². The molecule has 8 nitrogen and oxygen atoms in total. The van der Waals surface area contributed by atoms with E-state index < -0.39 is 35.3 Å². The number of hydrogen-bond acceptors (Lipinski definition) is 6. The molecule has 9 heteroatoms. The molecule has 0 aliphatic rings. The molecule has 0 saturated heterocycles. The summed E-state index contributed by atoms with van der Waals surface area (Å²) in [5.74, 6) is -1.96. The zero-order valence-electron chi connectivity index (χ0n) is 14.4. The topological polar surface area (TPSA) is 108 Å². The van der Waals surface area contributed by atoms with E-state index in [1.54, 1.807) is 37.3 Å². The van der Waals surface area contributed by atoms with Gasteiger partial charge in [-0.1, -0.05) is 25.1 Å². The number of benzene rings is 2. The van der Waals surface area contributed by atoms with E-state index in [1.165, 1.54) is 0 Å². The molecule has 0 aromatic heterocycles. The number of rotatable bonds is 8. The Morgan fingerprint density at radius 3 is 2.56 bits per heavy atom. The summed E-state index contributed by atoms with van der Waals surface area (Å²) in [6.07, 6.45) is -0.593. The molecule has 2 rings (SSSR count). The fourth-order valence-corrected chi connectivity index (χ4v) is 2.10. The molecule has 0 aliphatic heterocycles. The third-order valence-corrected chi connectivity index (χ3v) is 3.44. The van der Waals surface area contributed by atoms with Crippen LogP contribution in [0.4, 0.5) is 15.8 Å². The largest absolute Gasteiger partial charge is 0.479 e. The molecule has 0 bridgehead atoms. The molecule has 0 heterocycles. The van der Waals surface area contributed by atoms with Crippen molar-refractivity contribution in [2.45, 2.75) is 19.4 Å². The third kappa shape index (κ3) is 5.77. The maximum absolute atomic E-state index is 13.7. The average molecular weight is 376 g/mol. The fraction of sp³-hybridized carbons (Fsp3) is 0.222. The van der Waals surface area contributed by atoms with E-state index in [9.17, 15) is 24.1 Å². The van der Waals surface area contributed by atoms with Crippen molar-refractivity contribution in [2.75, 3.05) is 11.9 Å². The van der Waals surface area contributed by atoms with E-state index in [1.807, 2.05) is 0 Å². The second-order valence-corrected chi connectivity index (χ2v) is 5.40. The lowest BCUT2D eigenvalue weighted by molar-refractivity contribution is -0.384. The van der Waals surface area contributed by atoms with Gasteiger partial charge in [0.1, 0.15) is 11.6 Å². The second kappa shape index (κ2) is 9.27. The van der Waals surface area contributed by atoms with Crippen molar-refractivity contribution >= 4 is 23.3 Å². The molecule has 1 N–H and O–H groups in total. The maximum atomic E-state index is 13.7. The number of para-hydroxylation sites is 1. The van der Waals surface area contributed by atoms with Crippen molar-refractivity contribution in [3.63, 3.8) is 0 Å². The van der Waals surface area contributed by atoms with Gasteiger partial charge in [0.25, 0.3) is 11.6 Å². The quantitative estimate of drug-likeness (QED) is 0.431. The summed E-state index contributed by atoms with van der Waals surface area (Å²) in [6.45, 7) is 1.03. The lowest BCUT2D eigenvalue weighted by Gasteiger charge is -2.16. The number of carbonyl (C=O) groups is 2. The molecule has 142 valence electrons. The van der Waals surface area contributed by atoms with Crippen LogP contribution in [0.5, 0.6) is 5.75 Å². The molecule has 0 unspecified atom stereocenters. The number of anilines is 1. The van der Waals surface area contributed by atoms with Crippen molar-refractivity contribution in [1.29, 1.82) is 0 Å². The molecule has 2 aromatic rings. The highest BCUT2D eigenvalue weighted by Gasteiger charge is 2.21. The number of hydrogen-bond donors (Lipinski definition) is 1. The van der Waals surface area contributed by atoms with Gasteiger partial charge in [-0.2, -0.15) is 0 Å². The van der Waals surface area contributed by atoms with Gasteiger partial charge >= 0.3 is 5.97 Å². The number of halogens is 1. The monoisotopic (exact) mass is 376 g/mol. The van der Waals surface area contributed by atoms with Crippen molar-refractivity contribution in [2.24, 2.45) is 0 Å². The predicted octanol–water partition coefficient (Wildman–Crippen LogP) is 3.07. The van der Waals surface area contributed by atoms with E-state index >= 15 is 0 Å². The molecule has 1 atom stereocenters. The van der Waals surface area contributed by atoms with Crippen LogP contribution in [0.25, 0.3) is 0 Å². The summed E-state index contributed by atoms with van der Waals surface area (Å²) >= 11 is 0. The highest BCUT2D eigenvalue weighted by molar-refractivity contribution is 5.93. The maximum Gasteiger partial charge on any atom is 0.347 e. The summed E-state index contributed by atoms with van der Waals surface area (Å²) < 4.78 is 24.0. The Kier molecular flexibility index (Phi) is 6.81. The number of carbonyl (C=O) groups excluding carboxylic acids is 2. The first-order chi connectivity index (χ1) is 12.9. The van der Waals surface area contributed by atoms with Crippen LogP contribution in [0.15, 0.2) is 48.5 Å². The lowest BCUT2D eigenvalue weighted by atomic mass is 10.2. The highest BCUT2D eigenvalue weighted by atomic mass is 19.1. The van der Waals surface area contributed by atoms with Crippen LogP contribution in [0.1, 0.15) is 13.3 Å². The van der Waals surface area contributed by atoms with E-state index in [2.05, 4.69) is 5.32 Å². The molecule has 0 radical (unpaired) electrons. The molecular weight excluding hydrogens is 359 g/mol. The number of nitrogens with one attached hydrogen (secondary N) is 1. The first-order valence-corrected chi connectivity index (χ1v) is 8.02. The van der Waals surface area contributed by atoms with Gasteiger partial charge < -0.3 is 14.8 Å². The number of amides is 1. The molecule has 0 saturated carbocycles. The average Bonchev–Trinajstić information content (AvgIpc) is 2.66. The number of ether oxygens (including phenoxy) is 2. The molecule has 0 spiro atoms. The zero-order chi connectivity index (χ0) is 19.8.